The molecular formula is C18H22N4O3. The van der Waals surface area contributed by atoms with Crippen LogP contribution in [0.3, 0.4) is 0 Å². The zero-order valence-electron chi connectivity index (χ0n) is 14.6. The minimum atomic E-state index is -0.508. The second kappa shape index (κ2) is 6.58. The molecule has 132 valence electrons. The van der Waals surface area contributed by atoms with Crippen LogP contribution in [0.4, 0.5) is 10.6 Å². The molecule has 2 N–H and O–H groups in total. The van der Waals surface area contributed by atoms with Gasteiger partial charge < -0.3 is 19.9 Å². The van der Waals surface area contributed by atoms with E-state index < -0.39 is 5.60 Å². The van der Waals surface area contributed by atoms with Gasteiger partial charge in [-0.15, -0.1) is 0 Å². The average Bonchev–Trinajstić information content (AvgIpc) is 3.05. The molecule has 0 radical (unpaired) electrons. The van der Waals surface area contributed by atoms with Crippen LogP contribution in [0.25, 0.3) is 0 Å². The van der Waals surface area contributed by atoms with Gasteiger partial charge in [0.25, 0.3) is 5.91 Å². The number of aromatic nitrogens is 2. The highest BCUT2D eigenvalue weighted by atomic mass is 16.6. The molecule has 2 aromatic rings. The standard InChI is InChI=1S/C18H22N4O3/c1-18(2,3)25-17(24)22-7-6-12-8-13(4-5-14(12)10-22)16(23)21-15-9-19-11-20-15/h4-5,8-9,11H,6-7,10H2,1-3H3,(H,19,20)(H,21,23). The maximum Gasteiger partial charge on any atom is 0.410 e. The van der Waals surface area contributed by atoms with Crippen LogP contribution in [-0.2, 0) is 17.7 Å². The number of amides is 2. The van der Waals surface area contributed by atoms with E-state index in [0.29, 0.717) is 30.9 Å². The van der Waals surface area contributed by atoms with Crippen molar-refractivity contribution in [2.45, 2.75) is 39.3 Å². The lowest BCUT2D eigenvalue weighted by Crippen LogP contribution is -2.39. The van der Waals surface area contributed by atoms with E-state index in [4.69, 9.17) is 4.74 Å². The van der Waals surface area contributed by atoms with Crippen LogP contribution in [0, 0.1) is 0 Å². The van der Waals surface area contributed by atoms with Gasteiger partial charge in [-0.05, 0) is 50.5 Å². The van der Waals surface area contributed by atoms with E-state index >= 15 is 0 Å². The molecule has 0 atom stereocenters. The van der Waals surface area contributed by atoms with Crippen molar-refractivity contribution in [2.75, 3.05) is 11.9 Å². The summed E-state index contributed by atoms with van der Waals surface area (Å²) >= 11 is 0. The highest BCUT2D eigenvalue weighted by molar-refractivity contribution is 6.03. The lowest BCUT2D eigenvalue weighted by molar-refractivity contribution is 0.0224. The van der Waals surface area contributed by atoms with E-state index in [2.05, 4.69) is 15.3 Å². The van der Waals surface area contributed by atoms with Gasteiger partial charge in [-0.3, -0.25) is 4.79 Å². The van der Waals surface area contributed by atoms with Crippen LogP contribution in [0.2, 0.25) is 0 Å². The quantitative estimate of drug-likeness (QED) is 0.878. The first kappa shape index (κ1) is 17.0. The summed E-state index contributed by atoms with van der Waals surface area (Å²) in [6.45, 7) is 6.63. The van der Waals surface area contributed by atoms with Gasteiger partial charge in [0.1, 0.15) is 11.4 Å². The van der Waals surface area contributed by atoms with E-state index in [9.17, 15) is 9.59 Å². The summed E-state index contributed by atoms with van der Waals surface area (Å²) in [6.07, 6.45) is 3.45. The van der Waals surface area contributed by atoms with Crippen molar-refractivity contribution < 1.29 is 14.3 Å². The van der Waals surface area contributed by atoms with Gasteiger partial charge in [-0.2, -0.15) is 0 Å². The Labute approximate surface area is 146 Å². The van der Waals surface area contributed by atoms with Gasteiger partial charge >= 0.3 is 6.09 Å². The summed E-state index contributed by atoms with van der Waals surface area (Å²) in [6, 6.07) is 5.55. The van der Waals surface area contributed by atoms with Gasteiger partial charge in [-0.1, -0.05) is 6.07 Å². The maximum absolute atomic E-state index is 12.3. The first-order valence-electron chi connectivity index (χ1n) is 8.21. The summed E-state index contributed by atoms with van der Waals surface area (Å²) in [5, 5.41) is 2.76. The van der Waals surface area contributed by atoms with Gasteiger partial charge in [0.2, 0.25) is 0 Å². The van der Waals surface area contributed by atoms with Gasteiger partial charge in [-0.25, -0.2) is 9.78 Å². The van der Waals surface area contributed by atoms with E-state index in [1.807, 2.05) is 32.9 Å². The SMILES string of the molecule is CC(C)(C)OC(=O)N1CCc2cc(C(=O)Nc3cnc[nH]3)ccc2C1. The minimum absolute atomic E-state index is 0.193. The predicted molar refractivity (Wildman–Crippen MR) is 93.3 cm³/mol. The zero-order valence-corrected chi connectivity index (χ0v) is 14.6. The number of carbonyl (C=O) groups is 2. The van der Waals surface area contributed by atoms with Crippen molar-refractivity contribution in [3.8, 4) is 0 Å². The molecule has 2 amide bonds. The molecule has 1 aliphatic heterocycles. The number of nitrogens with zero attached hydrogens (tertiary/aromatic N) is 2. The van der Waals surface area contributed by atoms with E-state index in [1.54, 1.807) is 17.2 Å². The Bertz CT molecular complexity index is 778. The third-order valence-electron chi connectivity index (χ3n) is 3.88. The third-order valence-corrected chi connectivity index (χ3v) is 3.88. The summed E-state index contributed by atoms with van der Waals surface area (Å²) in [4.78, 5) is 32.9. The number of carbonyl (C=O) groups excluding carboxylic acids is 2. The summed E-state index contributed by atoms with van der Waals surface area (Å²) in [7, 11) is 0. The first-order valence-corrected chi connectivity index (χ1v) is 8.21. The Morgan fingerprint density at radius 1 is 1.28 bits per heavy atom. The Morgan fingerprint density at radius 3 is 2.76 bits per heavy atom. The first-order chi connectivity index (χ1) is 11.8. The highest BCUT2D eigenvalue weighted by Gasteiger charge is 2.26. The molecule has 1 aromatic carbocycles. The topological polar surface area (TPSA) is 87.3 Å². The maximum atomic E-state index is 12.3. The molecule has 0 aliphatic carbocycles. The van der Waals surface area contributed by atoms with Crippen LogP contribution in [0.15, 0.2) is 30.7 Å². The number of hydrogen-bond donors (Lipinski definition) is 2. The molecule has 0 saturated heterocycles. The number of nitrogens with one attached hydrogen (secondary N) is 2. The van der Waals surface area contributed by atoms with Crippen molar-refractivity contribution >= 4 is 17.8 Å². The molecule has 0 bridgehead atoms. The number of H-pyrrole nitrogens is 1. The molecule has 0 saturated carbocycles. The summed E-state index contributed by atoms with van der Waals surface area (Å²) < 4.78 is 5.43. The van der Waals surface area contributed by atoms with E-state index in [1.165, 1.54) is 6.33 Å². The van der Waals surface area contributed by atoms with Crippen molar-refractivity contribution in [3.63, 3.8) is 0 Å². The number of fused-ring (bicyclic) bond motifs is 1. The fourth-order valence-corrected chi connectivity index (χ4v) is 2.70. The number of ether oxygens (including phenoxy) is 1. The fourth-order valence-electron chi connectivity index (χ4n) is 2.70. The lowest BCUT2D eigenvalue weighted by atomic mass is 9.97. The summed E-state index contributed by atoms with van der Waals surface area (Å²) in [5.74, 6) is 0.362. The fraction of sp³-hybridized carbons (Fsp3) is 0.389. The molecule has 1 aromatic heterocycles. The molecule has 0 fully saturated rings. The van der Waals surface area contributed by atoms with Gasteiger partial charge in [0, 0.05) is 18.7 Å². The van der Waals surface area contributed by atoms with Gasteiger partial charge in [0.05, 0.1) is 12.5 Å². The molecule has 2 heterocycles. The Hall–Kier alpha value is -2.83. The van der Waals surface area contributed by atoms with Crippen LogP contribution >= 0.6 is 0 Å². The number of anilines is 1. The van der Waals surface area contributed by atoms with Crippen molar-refractivity contribution in [1.29, 1.82) is 0 Å². The number of benzene rings is 1. The second-order valence-corrected chi connectivity index (χ2v) is 7.05. The van der Waals surface area contributed by atoms with Crippen molar-refractivity contribution in [2.24, 2.45) is 0 Å². The van der Waals surface area contributed by atoms with Crippen LogP contribution in [0.5, 0.6) is 0 Å². The smallest absolute Gasteiger partial charge is 0.410 e. The molecule has 0 spiro atoms. The molecule has 7 nitrogen and oxygen atoms in total. The largest absolute Gasteiger partial charge is 0.444 e. The van der Waals surface area contributed by atoms with Crippen molar-refractivity contribution in [3.05, 3.63) is 47.4 Å². The van der Waals surface area contributed by atoms with Crippen LogP contribution < -0.4 is 5.32 Å². The Kier molecular flexibility index (Phi) is 4.48. The average molecular weight is 342 g/mol. The second-order valence-electron chi connectivity index (χ2n) is 7.05. The monoisotopic (exact) mass is 342 g/mol. The molecular weight excluding hydrogens is 320 g/mol. The molecule has 25 heavy (non-hydrogen) atoms. The number of rotatable bonds is 2. The van der Waals surface area contributed by atoms with Crippen LogP contribution in [-0.4, -0.2) is 39.0 Å². The normalized spacial score (nSPS) is 14.0. The van der Waals surface area contributed by atoms with Gasteiger partial charge in [0.15, 0.2) is 0 Å². The molecule has 7 heteroatoms. The Morgan fingerprint density at radius 2 is 2.08 bits per heavy atom. The highest BCUT2D eigenvalue weighted by Crippen LogP contribution is 2.22. The lowest BCUT2D eigenvalue weighted by Gasteiger charge is -2.31. The van der Waals surface area contributed by atoms with Crippen LogP contribution in [0.1, 0.15) is 42.3 Å². The molecule has 3 rings (SSSR count). The predicted octanol–water partition coefficient (Wildman–Crippen LogP) is 2.96. The zero-order chi connectivity index (χ0) is 18.0. The number of hydrogen-bond acceptors (Lipinski definition) is 4. The Balaban J connectivity index is 1.69. The summed E-state index contributed by atoms with van der Waals surface area (Å²) in [5.41, 5.74) is 2.19. The minimum Gasteiger partial charge on any atom is -0.444 e. The van der Waals surface area contributed by atoms with E-state index in [-0.39, 0.29) is 12.0 Å². The third kappa shape index (κ3) is 4.17. The number of imidazole rings is 1. The number of aromatic amines is 1. The van der Waals surface area contributed by atoms with E-state index in [0.717, 1.165) is 11.1 Å². The van der Waals surface area contributed by atoms with Crippen molar-refractivity contribution in [1.82, 2.24) is 14.9 Å². The molecule has 1 aliphatic rings. The molecule has 0 unspecified atom stereocenters.